The van der Waals surface area contributed by atoms with Crippen LogP contribution in [0.1, 0.15) is 51.1 Å². The van der Waals surface area contributed by atoms with Gasteiger partial charge < -0.3 is 5.32 Å². The first-order chi connectivity index (χ1) is 9.88. The molecule has 0 aromatic heterocycles. The van der Waals surface area contributed by atoms with Gasteiger partial charge in [0.2, 0.25) is 0 Å². The van der Waals surface area contributed by atoms with Gasteiger partial charge in [-0.25, -0.2) is 0 Å². The number of carbonyl (C=O) groups is 1. The molecule has 2 aromatic rings. The topological polar surface area (TPSA) is 29.1 Å². The van der Waals surface area contributed by atoms with Crippen molar-refractivity contribution < 1.29 is 4.79 Å². The van der Waals surface area contributed by atoms with Crippen LogP contribution in [0.5, 0.6) is 0 Å². The molecule has 2 aromatic carbocycles. The highest BCUT2D eigenvalue weighted by atomic mass is 16.1. The summed E-state index contributed by atoms with van der Waals surface area (Å²) in [4.78, 5) is 12.3. The minimum atomic E-state index is -0.0242. The third kappa shape index (κ3) is 3.52. The number of hydrogen-bond acceptors (Lipinski definition) is 1. The van der Waals surface area contributed by atoms with Crippen molar-refractivity contribution >= 4 is 5.91 Å². The molecule has 2 nitrogen and oxygen atoms in total. The Hall–Kier alpha value is -2.09. The monoisotopic (exact) mass is 281 g/mol. The van der Waals surface area contributed by atoms with Crippen LogP contribution in [0.4, 0.5) is 0 Å². The highest BCUT2D eigenvalue weighted by Crippen LogP contribution is 2.18. The van der Waals surface area contributed by atoms with Crippen LogP contribution in [0.25, 0.3) is 0 Å². The lowest BCUT2D eigenvalue weighted by Crippen LogP contribution is -2.26. The molecule has 0 fully saturated rings. The second kappa shape index (κ2) is 6.13. The smallest absolute Gasteiger partial charge is 0.251 e. The molecule has 1 amide bonds. The number of rotatable bonds is 3. The van der Waals surface area contributed by atoms with Gasteiger partial charge in [0.25, 0.3) is 5.91 Å². The van der Waals surface area contributed by atoms with Crippen LogP contribution < -0.4 is 5.32 Å². The lowest BCUT2D eigenvalue weighted by atomic mass is 10.0. The summed E-state index contributed by atoms with van der Waals surface area (Å²) in [6.07, 6.45) is 0. The lowest BCUT2D eigenvalue weighted by molar-refractivity contribution is 0.0940. The highest BCUT2D eigenvalue weighted by molar-refractivity contribution is 5.94. The fourth-order valence-corrected chi connectivity index (χ4v) is 2.28. The molecule has 0 aliphatic rings. The number of benzene rings is 2. The van der Waals surface area contributed by atoms with Gasteiger partial charge in [0, 0.05) is 5.56 Å². The molecule has 0 spiro atoms. The Bertz CT molecular complexity index is 673. The van der Waals surface area contributed by atoms with Crippen molar-refractivity contribution in [3.05, 3.63) is 69.8 Å². The van der Waals surface area contributed by atoms with Gasteiger partial charge in [-0.2, -0.15) is 0 Å². The molecule has 2 rings (SSSR count). The molecule has 2 heteroatoms. The molecule has 0 saturated carbocycles. The van der Waals surface area contributed by atoms with Crippen molar-refractivity contribution in [3.8, 4) is 0 Å². The predicted molar refractivity (Wildman–Crippen MR) is 87.7 cm³/mol. The summed E-state index contributed by atoms with van der Waals surface area (Å²) < 4.78 is 0. The van der Waals surface area contributed by atoms with Crippen LogP contribution >= 0.6 is 0 Å². The maximum atomic E-state index is 12.3. The number of nitrogens with one attached hydrogen (secondary N) is 1. The third-order valence-corrected chi connectivity index (χ3v) is 4.15. The van der Waals surface area contributed by atoms with Gasteiger partial charge in [-0.05, 0) is 74.6 Å². The first-order valence-electron chi connectivity index (χ1n) is 7.33. The van der Waals surface area contributed by atoms with Crippen LogP contribution in [0.2, 0.25) is 0 Å². The number of aryl methyl sites for hydroxylation is 4. The largest absolute Gasteiger partial charge is 0.346 e. The average Bonchev–Trinajstić information content (AvgIpc) is 2.44. The quantitative estimate of drug-likeness (QED) is 0.887. The van der Waals surface area contributed by atoms with E-state index in [-0.39, 0.29) is 11.9 Å². The molecule has 0 radical (unpaired) electrons. The summed E-state index contributed by atoms with van der Waals surface area (Å²) in [6.45, 7) is 10.3. The van der Waals surface area contributed by atoms with Crippen molar-refractivity contribution in [3.63, 3.8) is 0 Å². The lowest BCUT2D eigenvalue weighted by Gasteiger charge is -2.16. The Labute approximate surface area is 127 Å². The standard InChI is InChI=1S/C19H23NO/c1-12-6-8-17(10-14(12)3)16(5)20-19(21)18-9-7-13(2)15(4)11-18/h6-11,16H,1-5H3,(H,20,21)/t16-/m1/s1. The number of carbonyl (C=O) groups excluding carboxylic acids is 1. The Balaban J connectivity index is 2.14. The van der Waals surface area contributed by atoms with E-state index in [1.165, 1.54) is 16.7 Å². The van der Waals surface area contributed by atoms with Gasteiger partial charge in [0.15, 0.2) is 0 Å². The Morgan fingerprint density at radius 2 is 1.43 bits per heavy atom. The van der Waals surface area contributed by atoms with E-state index in [1.54, 1.807) is 0 Å². The summed E-state index contributed by atoms with van der Waals surface area (Å²) in [5.74, 6) is -0.0242. The second-order valence-electron chi connectivity index (χ2n) is 5.84. The van der Waals surface area contributed by atoms with E-state index in [9.17, 15) is 4.79 Å². The van der Waals surface area contributed by atoms with Crippen LogP contribution in [-0.2, 0) is 0 Å². The zero-order valence-electron chi connectivity index (χ0n) is 13.4. The van der Waals surface area contributed by atoms with Crippen LogP contribution in [0.15, 0.2) is 36.4 Å². The molecule has 0 bridgehead atoms. The SMILES string of the molecule is Cc1ccc(C(=O)N[C@H](C)c2ccc(C)c(C)c2)cc1C. The Kier molecular flexibility index (Phi) is 4.46. The zero-order valence-corrected chi connectivity index (χ0v) is 13.4. The van der Waals surface area contributed by atoms with Crippen molar-refractivity contribution in [2.24, 2.45) is 0 Å². The van der Waals surface area contributed by atoms with Crippen molar-refractivity contribution in [1.29, 1.82) is 0 Å². The molecule has 0 heterocycles. The highest BCUT2D eigenvalue weighted by Gasteiger charge is 2.12. The second-order valence-corrected chi connectivity index (χ2v) is 5.84. The van der Waals surface area contributed by atoms with Gasteiger partial charge in [0.1, 0.15) is 0 Å². The summed E-state index contributed by atoms with van der Waals surface area (Å²) in [6, 6.07) is 12.1. The molecule has 110 valence electrons. The molecule has 0 aliphatic heterocycles. The summed E-state index contributed by atoms with van der Waals surface area (Å²) in [5, 5.41) is 3.07. The van der Waals surface area contributed by atoms with E-state index in [4.69, 9.17) is 0 Å². The van der Waals surface area contributed by atoms with Crippen LogP contribution in [-0.4, -0.2) is 5.91 Å². The Morgan fingerprint density at radius 3 is 2.00 bits per heavy atom. The molecule has 1 atom stereocenters. The first-order valence-corrected chi connectivity index (χ1v) is 7.33. The third-order valence-electron chi connectivity index (χ3n) is 4.15. The van der Waals surface area contributed by atoms with Gasteiger partial charge in [-0.15, -0.1) is 0 Å². The van der Waals surface area contributed by atoms with Crippen molar-refractivity contribution in [2.75, 3.05) is 0 Å². The fraction of sp³-hybridized carbons (Fsp3) is 0.316. The van der Waals surface area contributed by atoms with E-state index < -0.39 is 0 Å². The minimum absolute atomic E-state index is 0.00147. The van der Waals surface area contributed by atoms with E-state index in [1.807, 2.05) is 32.0 Å². The number of hydrogen-bond donors (Lipinski definition) is 1. The van der Waals surface area contributed by atoms with E-state index >= 15 is 0 Å². The molecular formula is C19H23NO. The normalized spacial score (nSPS) is 12.0. The molecular weight excluding hydrogens is 258 g/mol. The molecule has 0 unspecified atom stereocenters. The van der Waals surface area contributed by atoms with Crippen molar-refractivity contribution in [2.45, 2.75) is 40.7 Å². The average molecular weight is 281 g/mol. The van der Waals surface area contributed by atoms with Gasteiger partial charge in [-0.3, -0.25) is 4.79 Å². The van der Waals surface area contributed by atoms with E-state index in [0.29, 0.717) is 5.56 Å². The van der Waals surface area contributed by atoms with Gasteiger partial charge >= 0.3 is 0 Å². The minimum Gasteiger partial charge on any atom is -0.346 e. The summed E-state index contributed by atoms with van der Waals surface area (Å²) in [5.41, 5.74) is 6.71. The van der Waals surface area contributed by atoms with Crippen molar-refractivity contribution in [1.82, 2.24) is 5.32 Å². The van der Waals surface area contributed by atoms with Crippen LogP contribution in [0, 0.1) is 27.7 Å². The molecule has 1 N–H and O–H groups in total. The van der Waals surface area contributed by atoms with Gasteiger partial charge in [0.05, 0.1) is 6.04 Å². The summed E-state index contributed by atoms with van der Waals surface area (Å²) in [7, 11) is 0. The predicted octanol–water partition coefficient (Wildman–Crippen LogP) is 4.41. The van der Waals surface area contributed by atoms with Crippen LogP contribution in [0.3, 0.4) is 0 Å². The summed E-state index contributed by atoms with van der Waals surface area (Å²) >= 11 is 0. The maximum Gasteiger partial charge on any atom is 0.251 e. The zero-order chi connectivity index (χ0) is 15.6. The Morgan fingerprint density at radius 1 is 0.857 bits per heavy atom. The maximum absolute atomic E-state index is 12.3. The molecule has 0 saturated heterocycles. The number of amides is 1. The van der Waals surface area contributed by atoms with Gasteiger partial charge in [-0.1, -0.05) is 24.3 Å². The first kappa shape index (κ1) is 15.3. The van der Waals surface area contributed by atoms with E-state index in [2.05, 4.69) is 44.3 Å². The fourth-order valence-electron chi connectivity index (χ4n) is 2.28. The molecule has 21 heavy (non-hydrogen) atoms. The van der Waals surface area contributed by atoms with E-state index in [0.717, 1.165) is 11.1 Å². The molecule has 0 aliphatic carbocycles.